The Hall–Kier alpha value is -1.98. The number of carbonyl (C=O) groups is 2. The topological polar surface area (TPSA) is 99.2 Å². The lowest BCUT2D eigenvalue weighted by Gasteiger charge is -2.28. The molecule has 2 amide bonds. The Balaban J connectivity index is 1.34. The fraction of sp³-hybridized carbons (Fsp3) is 0.520. The highest BCUT2D eigenvalue weighted by molar-refractivity contribution is 7.99. The Morgan fingerprint density at radius 2 is 1.77 bits per heavy atom. The Bertz CT molecular complexity index is 1220. The molecule has 2 aliphatic carbocycles. The van der Waals surface area contributed by atoms with Crippen LogP contribution >= 0.6 is 11.8 Å². The van der Waals surface area contributed by atoms with Gasteiger partial charge in [0, 0.05) is 22.6 Å². The second kappa shape index (κ2) is 10.2. The van der Waals surface area contributed by atoms with Crippen LogP contribution in [0.15, 0.2) is 35.2 Å². The van der Waals surface area contributed by atoms with Gasteiger partial charge in [-0.25, -0.2) is 0 Å². The summed E-state index contributed by atoms with van der Waals surface area (Å²) in [7, 11) is -4.10. The normalized spacial score (nSPS) is 23.6. The van der Waals surface area contributed by atoms with E-state index in [1.54, 1.807) is 30.0 Å². The molecule has 0 N–H and O–H groups in total. The lowest BCUT2D eigenvalue weighted by atomic mass is 9.95. The maximum atomic E-state index is 13.2. The van der Waals surface area contributed by atoms with E-state index in [2.05, 4.69) is 0 Å². The van der Waals surface area contributed by atoms with Gasteiger partial charge in [-0.15, -0.1) is 21.1 Å². The van der Waals surface area contributed by atoms with Crippen LogP contribution in [0.3, 0.4) is 0 Å². The second-order valence-corrected chi connectivity index (χ2v) is 12.2. The van der Waals surface area contributed by atoms with Gasteiger partial charge in [-0.1, -0.05) is 25.5 Å². The Labute approximate surface area is 209 Å². The third-order valence-corrected chi connectivity index (χ3v) is 9.77. The van der Waals surface area contributed by atoms with Gasteiger partial charge in [0.25, 0.3) is 21.9 Å². The molecule has 2 saturated carbocycles. The number of fused-ring (bicyclic) bond motifs is 2. The fourth-order valence-electron chi connectivity index (χ4n) is 5.47. The summed E-state index contributed by atoms with van der Waals surface area (Å²) in [6, 6.07) is 8.64. The van der Waals surface area contributed by atoms with Crippen LogP contribution in [0.25, 0.3) is 10.8 Å². The largest absolute Gasteiger partial charge is 0.355 e. The lowest BCUT2D eigenvalue weighted by Crippen LogP contribution is -2.44. The number of hydrogen-bond acceptors (Lipinski definition) is 8. The van der Waals surface area contributed by atoms with Crippen molar-refractivity contribution in [3.05, 3.63) is 41.5 Å². The number of imide groups is 1. The van der Waals surface area contributed by atoms with E-state index in [1.165, 1.54) is 0 Å². The molecule has 0 radical (unpaired) electrons. The number of amides is 2. The molecule has 0 aromatic heterocycles. The van der Waals surface area contributed by atoms with E-state index in [9.17, 15) is 18.0 Å². The molecular formula is C25H29NO7S2. The third kappa shape index (κ3) is 4.74. The first-order valence-electron chi connectivity index (χ1n) is 12.1. The molecule has 0 saturated heterocycles. The molecule has 3 atom stereocenters. The molecule has 8 nitrogen and oxygen atoms in total. The van der Waals surface area contributed by atoms with Crippen LogP contribution in [0.2, 0.25) is 0 Å². The molecule has 2 aromatic carbocycles. The third-order valence-electron chi connectivity index (χ3n) is 7.05. The highest BCUT2D eigenvalue weighted by atomic mass is 32.2. The van der Waals surface area contributed by atoms with Gasteiger partial charge in [-0.05, 0) is 61.1 Å². The van der Waals surface area contributed by atoms with E-state index in [0.717, 1.165) is 36.0 Å². The Kier molecular flexibility index (Phi) is 7.18. The van der Waals surface area contributed by atoms with E-state index in [-0.39, 0.29) is 23.8 Å². The minimum absolute atomic E-state index is 0.0393. The van der Waals surface area contributed by atoms with Crippen LogP contribution in [-0.2, 0) is 23.9 Å². The van der Waals surface area contributed by atoms with Crippen molar-refractivity contribution >= 4 is 44.5 Å². The molecule has 1 aliphatic heterocycles. The number of hydrogen-bond donors (Lipinski definition) is 0. The monoisotopic (exact) mass is 519 g/mol. The van der Waals surface area contributed by atoms with Crippen LogP contribution in [0.1, 0.15) is 59.7 Å². The molecule has 3 unspecified atom stereocenters. The SMILES string of the molecule is CCCOCOCCSc1ccc2c3c(cccc13)C(=O)N(OS(=O)(=O)C1CC3CCC1C3)C2=O. The molecule has 0 spiro atoms. The first-order chi connectivity index (χ1) is 16.9. The van der Waals surface area contributed by atoms with E-state index < -0.39 is 27.2 Å². The number of thioether (sulfide) groups is 1. The zero-order chi connectivity index (χ0) is 24.6. The van der Waals surface area contributed by atoms with E-state index in [1.807, 2.05) is 19.1 Å². The Morgan fingerprint density at radius 3 is 2.49 bits per heavy atom. The lowest BCUT2D eigenvalue weighted by molar-refractivity contribution is -0.0480. The smallest absolute Gasteiger partial charge is 0.291 e. The zero-order valence-electron chi connectivity index (χ0n) is 19.6. The van der Waals surface area contributed by atoms with Crippen molar-refractivity contribution in [3.8, 4) is 0 Å². The van der Waals surface area contributed by atoms with Crippen LogP contribution in [0, 0.1) is 11.8 Å². The molecule has 5 rings (SSSR count). The van der Waals surface area contributed by atoms with Crippen molar-refractivity contribution in [2.24, 2.45) is 11.8 Å². The summed E-state index contributed by atoms with van der Waals surface area (Å²) in [5.74, 6) is -0.405. The first kappa shape index (κ1) is 24.7. The van der Waals surface area contributed by atoms with Gasteiger partial charge >= 0.3 is 0 Å². The second-order valence-electron chi connectivity index (χ2n) is 9.31. The minimum atomic E-state index is -4.10. The number of carbonyl (C=O) groups excluding carboxylic acids is 2. The summed E-state index contributed by atoms with van der Waals surface area (Å²) in [5, 5.41) is 1.07. The molecule has 2 aromatic rings. The average Bonchev–Trinajstić information content (AvgIpc) is 3.49. The van der Waals surface area contributed by atoms with E-state index in [0.29, 0.717) is 41.8 Å². The van der Waals surface area contributed by atoms with Crippen molar-refractivity contribution in [2.75, 3.05) is 25.8 Å². The molecule has 2 bridgehead atoms. The highest BCUT2D eigenvalue weighted by Crippen LogP contribution is 2.48. The fourth-order valence-corrected chi connectivity index (χ4v) is 8.06. The molecule has 10 heteroatoms. The number of hydroxylamine groups is 2. The number of rotatable bonds is 11. The van der Waals surface area contributed by atoms with Gasteiger partial charge in [-0.2, -0.15) is 8.42 Å². The summed E-state index contributed by atoms with van der Waals surface area (Å²) in [4.78, 5) is 27.4. The minimum Gasteiger partial charge on any atom is -0.355 e. The van der Waals surface area contributed by atoms with Crippen LogP contribution < -0.4 is 0 Å². The predicted molar refractivity (Wildman–Crippen MR) is 131 cm³/mol. The van der Waals surface area contributed by atoms with Gasteiger partial charge < -0.3 is 9.47 Å². The molecule has 35 heavy (non-hydrogen) atoms. The van der Waals surface area contributed by atoms with Crippen LogP contribution in [0.5, 0.6) is 0 Å². The average molecular weight is 520 g/mol. The van der Waals surface area contributed by atoms with Gasteiger partial charge in [0.1, 0.15) is 6.79 Å². The summed E-state index contributed by atoms with van der Waals surface area (Å²) < 4.78 is 42.1. The first-order valence-corrected chi connectivity index (χ1v) is 14.5. The predicted octanol–water partition coefficient (Wildman–Crippen LogP) is 4.38. The maximum Gasteiger partial charge on any atom is 0.291 e. The number of ether oxygens (including phenoxy) is 2. The van der Waals surface area contributed by atoms with Crippen molar-refractivity contribution in [2.45, 2.75) is 49.2 Å². The van der Waals surface area contributed by atoms with Gasteiger partial charge in [0.2, 0.25) is 0 Å². The van der Waals surface area contributed by atoms with Crippen molar-refractivity contribution in [1.29, 1.82) is 0 Å². The van der Waals surface area contributed by atoms with Crippen molar-refractivity contribution in [3.63, 3.8) is 0 Å². The van der Waals surface area contributed by atoms with Gasteiger partial charge in [0.15, 0.2) is 0 Å². The summed E-state index contributed by atoms with van der Waals surface area (Å²) in [5.41, 5.74) is 0.513. The molecule has 2 fully saturated rings. The van der Waals surface area contributed by atoms with Crippen molar-refractivity contribution in [1.82, 2.24) is 5.06 Å². The quantitative estimate of drug-likeness (QED) is 0.187. The van der Waals surface area contributed by atoms with Gasteiger partial charge in [-0.3, -0.25) is 9.59 Å². The van der Waals surface area contributed by atoms with Crippen LogP contribution in [0.4, 0.5) is 0 Å². The standard InChI is InChI=1S/C25H29NO7S2/c1-2-10-31-15-32-11-12-34-21-9-8-20-23-18(21)4-3-5-19(23)24(27)26(25(20)28)33-35(29,30)22-14-16-6-7-17(22)13-16/h3-5,8-9,16-17,22H,2,6-7,10-15H2,1H3. The Morgan fingerprint density at radius 1 is 1.00 bits per heavy atom. The number of benzene rings is 2. The van der Waals surface area contributed by atoms with Crippen LogP contribution in [-0.4, -0.2) is 56.3 Å². The molecule has 3 aliphatic rings. The maximum absolute atomic E-state index is 13.2. The van der Waals surface area contributed by atoms with E-state index in [4.69, 9.17) is 13.8 Å². The number of nitrogens with zero attached hydrogens (tertiary/aromatic N) is 1. The molecular weight excluding hydrogens is 490 g/mol. The molecule has 188 valence electrons. The molecule has 1 heterocycles. The van der Waals surface area contributed by atoms with Gasteiger partial charge in [0.05, 0.1) is 23.0 Å². The highest BCUT2D eigenvalue weighted by Gasteiger charge is 2.49. The van der Waals surface area contributed by atoms with E-state index >= 15 is 0 Å². The zero-order valence-corrected chi connectivity index (χ0v) is 21.2. The summed E-state index contributed by atoms with van der Waals surface area (Å²) >= 11 is 1.56. The van der Waals surface area contributed by atoms with Crippen molar-refractivity contribution < 1.29 is 31.8 Å². The summed E-state index contributed by atoms with van der Waals surface area (Å²) in [6.07, 6.45) is 4.22. The summed E-state index contributed by atoms with van der Waals surface area (Å²) in [6.45, 7) is 3.44.